The van der Waals surface area contributed by atoms with Gasteiger partial charge in [-0.2, -0.15) is 0 Å². The summed E-state index contributed by atoms with van der Waals surface area (Å²) in [6, 6.07) is 9.11. The van der Waals surface area contributed by atoms with Gasteiger partial charge in [0.2, 0.25) is 5.91 Å². The van der Waals surface area contributed by atoms with Crippen LogP contribution in [0, 0.1) is 0 Å². The fraction of sp³-hybridized carbons (Fsp3) is 0.385. The predicted octanol–water partition coefficient (Wildman–Crippen LogP) is 0.678. The van der Waals surface area contributed by atoms with Crippen LogP contribution in [0.25, 0.3) is 0 Å². The molecular formula is C13H16N2O3. The summed E-state index contributed by atoms with van der Waals surface area (Å²) in [5.41, 5.74) is 0.867. The predicted molar refractivity (Wildman–Crippen MR) is 65.5 cm³/mol. The molecule has 5 nitrogen and oxygen atoms in total. The number of nitrogens with one attached hydrogen (secondary N) is 1. The second-order valence-corrected chi connectivity index (χ2v) is 4.20. The van der Waals surface area contributed by atoms with Crippen LogP contribution in [0.15, 0.2) is 30.3 Å². The van der Waals surface area contributed by atoms with Gasteiger partial charge in [0.1, 0.15) is 0 Å². The minimum absolute atomic E-state index is 0.0447. The first-order valence-corrected chi connectivity index (χ1v) is 5.91. The molecule has 1 N–H and O–H groups in total. The van der Waals surface area contributed by atoms with E-state index in [-0.39, 0.29) is 11.9 Å². The van der Waals surface area contributed by atoms with Crippen molar-refractivity contribution in [1.29, 1.82) is 0 Å². The van der Waals surface area contributed by atoms with Crippen LogP contribution < -0.4 is 5.32 Å². The van der Waals surface area contributed by atoms with Gasteiger partial charge in [0, 0.05) is 18.7 Å². The molecule has 5 heteroatoms. The minimum atomic E-state index is -0.509. The molecule has 2 unspecified atom stereocenters. The molecule has 0 aliphatic carbocycles. The molecule has 0 spiro atoms. The van der Waals surface area contributed by atoms with Gasteiger partial charge < -0.3 is 10.1 Å². The van der Waals surface area contributed by atoms with E-state index in [1.165, 1.54) is 0 Å². The first-order chi connectivity index (χ1) is 8.74. The molecule has 1 saturated heterocycles. The SMILES string of the molecule is CC1C(=O)NCCN1C(OC=O)c1ccccc1. The lowest BCUT2D eigenvalue weighted by Crippen LogP contribution is -2.55. The maximum Gasteiger partial charge on any atom is 0.294 e. The Morgan fingerprint density at radius 3 is 2.83 bits per heavy atom. The van der Waals surface area contributed by atoms with E-state index in [1.807, 2.05) is 35.2 Å². The number of nitrogens with zero attached hydrogens (tertiary/aromatic N) is 1. The third-order valence-corrected chi connectivity index (χ3v) is 3.12. The van der Waals surface area contributed by atoms with Gasteiger partial charge in [-0.05, 0) is 6.92 Å². The first kappa shape index (κ1) is 12.6. The van der Waals surface area contributed by atoms with E-state index in [0.29, 0.717) is 19.6 Å². The first-order valence-electron chi connectivity index (χ1n) is 5.91. The van der Waals surface area contributed by atoms with Crippen molar-refractivity contribution in [2.75, 3.05) is 13.1 Å². The Morgan fingerprint density at radius 1 is 1.44 bits per heavy atom. The molecule has 0 saturated carbocycles. The van der Waals surface area contributed by atoms with E-state index < -0.39 is 6.23 Å². The Bertz CT molecular complexity index is 422. The van der Waals surface area contributed by atoms with E-state index in [9.17, 15) is 9.59 Å². The van der Waals surface area contributed by atoms with Crippen LogP contribution in [0.5, 0.6) is 0 Å². The van der Waals surface area contributed by atoms with Crippen LogP contribution in [-0.2, 0) is 14.3 Å². The molecule has 1 aromatic rings. The molecule has 18 heavy (non-hydrogen) atoms. The van der Waals surface area contributed by atoms with Crippen molar-refractivity contribution in [3.8, 4) is 0 Å². The number of ether oxygens (including phenoxy) is 1. The van der Waals surface area contributed by atoms with Gasteiger partial charge in [0.25, 0.3) is 6.47 Å². The highest BCUT2D eigenvalue weighted by Crippen LogP contribution is 2.24. The number of carbonyl (C=O) groups excluding carboxylic acids is 2. The number of rotatable bonds is 4. The number of benzene rings is 1. The molecular weight excluding hydrogens is 232 g/mol. The van der Waals surface area contributed by atoms with Crippen molar-refractivity contribution >= 4 is 12.4 Å². The van der Waals surface area contributed by atoms with Crippen molar-refractivity contribution < 1.29 is 14.3 Å². The number of hydrogen-bond donors (Lipinski definition) is 1. The van der Waals surface area contributed by atoms with Gasteiger partial charge in [-0.25, -0.2) is 0 Å². The summed E-state index contributed by atoms with van der Waals surface area (Å²) in [6.07, 6.45) is -0.509. The molecule has 1 heterocycles. The molecule has 0 radical (unpaired) electrons. The molecule has 2 atom stereocenters. The highest BCUT2D eigenvalue weighted by Gasteiger charge is 2.32. The van der Waals surface area contributed by atoms with Crippen LogP contribution in [-0.4, -0.2) is 36.4 Å². The fourth-order valence-corrected chi connectivity index (χ4v) is 2.14. The number of amides is 1. The maximum atomic E-state index is 11.6. The highest BCUT2D eigenvalue weighted by atomic mass is 16.5. The van der Waals surface area contributed by atoms with Gasteiger partial charge in [-0.15, -0.1) is 0 Å². The van der Waals surface area contributed by atoms with Crippen LogP contribution >= 0.6 is 0 Å². The zero-order chi connectivity index (χ0) is 13.0. The Hall–Kier alpha value is -1.88. The number of hydrogen-bond acceptors (Lipinski definition) is 4. The molecule has 1 aromatic carbocycles. The van der Waals surface area contributed by atoms with Crippen molar-refractivity contribution in [2.24, 2.45) is 0 Å². The summed E-state index contributed by atoms with van der Waals surface area (Å²) >= 11 is 0. The standard InChI is InChI=1S/C13H16N2O3/c1-10-12(17)14-7-8-15(10)13(18-9-16)11-5-3-2-4-6-11/h2-6,9-10,13H,7-8H2,1H3,(H,14,17). The average molecular weight is 248 g/mol. The van der Waals surface area contributed by atoms with Crippen molar-refractivity contribution in [3.63, 3.8) is 0 Å². The van der Waals surface area contributed by atoms with Crippen molar-refractivity contribution in [2.45, 2.75) is 19.2 Å². The lowest BCUT2D eigenvalue weighted by molar-refractivity contribution is -0.154. The molecule has 96 valence electrons. The Kier molecular flexibility index (Phi) is 3.94. The maximum absolute atomic E-state index is 11.6. The van der Waals surface area contributed by atoms with E-state index in [4.69, 9.17) is 4.74 Å². The Morgan fingerprint density at radius 2 is 2.17 bits per heavy atom. The lowest BCUT2D eigenvalue weighted by Gasteiger charge is -2.37. The minimum Gasteiger partial charge on any atom is -0.444 e. The summed E-state index contributed by atoms with van der Waals surface area (Å²) in [5.74, 6) is -0.0447. The highest BCUT2D eigenvalue weighted by molar-refractivity contribution is 5.82. The van der Waals surface area contributed by atoms with Crippen LogP contribution in [0.4, 0.5) is 0 Å². The fourth-order valence-electron chi connectivity index (χ4n) is 2.14. The third-order valence-electron chi connectivity index (χ3n) is 3.12. The Labute approximate surface area is 106 Å². The van der Waals surface area contributed by atoms with Gasteiger partial charge >= 0.3 is 0 Å². The van der Waals surface area contributed by atoms with E-state index in [2.05, 4.69) is 5.32 Å². The third kappa shape index (κ3) is 2.51. The Balaban J connectivity index is 2.24. The quantitative estimate of drug-likeness (QED) is 0.796. The van der Waals surface area contributed by atoms with Crippen LogP contribution in [0.2, 0.25) is 0 Å². The molecule has 1 aliphatic rings. The summed E-state index contributed by atoms with van der Waals surface area (Å²) < 4.78 is 5.15. The second kappa shape index (κ2) is 5.64. The van der Waals surface area contributed by atoms with Gasteiger partial charge in [0.15, 0.2) is 6.23 Å². The van der Waals surface area contributed by atoms with Gasteiger partial charge in [0.05, 0.1) is 6.04 Å². The molecule has 0 bridgehead atoms. The summed E-state index contributed by atoms with van der Waals surface area (Å²) in [5, 5.41) is 2.79. The van der Waals surface area contributed by atoms with Gasteiger partial charge in [-0.3, -0.25) is 14.5 Å². The van der Waals surface area contributed by atoms with Crippen molar-refractivity contribution in [1.82, 2.24) is 10.2 Å². The zero-order valence-corrected chi connectivity index (χ0v) is 10.2. The second-order valence-electron chi connectivity index (χ2n) is 4.20. The monoisotopic (exact) mass is 248 g/mol. The van der Waals surface area contributed by atoms with Crippen molar-refractivity contribution in [3.05, 3.63) is 35.9 Å². The summed E-state index contributed by atoms with van der Waals surface area (Å²) in [7, 11) is 0. The molecule has 1 aliphatic heterocycles. The van der Waals surface area contributed by atoms with Crippen LogP contribution in [0.3, 0.4) is 0 Å². The number of carbonyl (C=O) groups is 2. The largest absolute Gasteiger partial charge is 0.444 e. The van der Waals surface area contributed by atoms with Gasteiger partial charge in [-0.1, -0.05) is 30.3 Å². The zero-order valence-electron chi connectivity index (χ0n) is 10.2. The summed E-state index contributed by atoms with van der Waals surface area (Å²) in [4.78, 5) is 24.2. The molecule has 2 rings (SSSR count). The summed E-state index contributed by atoms with van der Waals surface area (Å²) in [6.45, 7) is 3.45. The lowest BCUT2D eigenvalue weighted by atomic mass is 10.1. The molecule has 0 aromatic heterocycles. The smallest absolute Gasteiger partial charge is 0.294 e. The topological polar surface area (TPSA) is 58.6 Å². The van der Waals surface area contributed by atoms with E-state index in [1.54, 1.807) is 6.92 Å². The van der Waals surface area contributed by atoms with E-state index in [0.717, 1.165) is 5.56 Å². The van der Waals surface area contributed by atoms with E-state index >= 15 is 0 Å². The average Bonchev–Trinajstić information content (AvgIpc) is 2.41. The molecule has 1 amide bonds. The van der Waals surface area contributed by atoms with Crippen LogP contribution in [0.1, 0.15) is 18.7 Å². The normalized spacial score (nSPS) is 22.1. The molecule has 1 fully saturated rings. The number of piperazine rings is 1.